The Morgan fingerprint density at radius 2 is 1.20 bits per heavy atom. The first-order chi connectivity index (χ1) is 14.2. The van der Waals surface area contributed by atoms with Gasteiger partial charge in [0.1, 0.15) is 0 Å². The van der Waals surface area contributed by atoms with Crippen LogP contribution < -0.4 is 0 Å². The van der Waals surface area contributed by atoms with Gasteiger partial charge in [-0.3, -0.25) is 0 Å². The molecule has 3 aromatic rings. The highest BCUT2D eigenvalue weighted by Gasteiger charge is 2.32. The van der Waals surface area contributed by atoms with Crippen LogP contribution in [0.15, 0.2) is 60.7 Å². The van der Waals surface area contributed by atoms with Crippen LogP contribution >= 0.6 is 0 Å². The van der Waals surface area contributed by atoms with Gasteiger partial charge in [-0.25, -0.2) is 14.6 Å². The molecule has 0 fully saturated rings. The highest BCUT2D eigenvalue weighted by molar-refractivity contribution is 5.91. The maximum atomic E-state index is 13.5. The Bertz CT molecular complexity index is 1030. The molecule has 0 bridgehead atoms. The smallest absolute Gasteiger partial charge is 0.416 e. The molecule has 0 aliphatic rings. The molecule has 0 radical (unpaired) electrons. The standard InChI is InChI=1S/C22H16F3NO4/c1-29-20(27)15-7-3-5-13(9-15)18-11-17(22(23,24)25)12-19(26-18)14-6-4-8-16(10-14)21(28)30-2/h3-12H,1-2H3. The van der Waals surface area contributed by atoms with E-state index in [9.17, 15) is 22.8 Å². The summed E-state index contributed by atoms with van der Waals surface area (Å²) in [4.78, 5) is 27.9. The van der Waals surface area contributed by atoms with Crippen LogP contribution in [0.1, 0.15) is 26.3 Å². The number of aromatic nitrogens is 1. The van der Waals surface area contributed by atoms with E-state index in [0.29, 0.717) is 11.1 Å². The van der Waals surface area contributed by atoms with Crippen molar-refractivity contribution in [1.82, 2.24) is 4.98 Å². The molecule has 0 unspecified atom stereocenters. The minimum absolute atomic E-state index is 0.0223. The summed E-state index contributed by atoms with van der Waals surface area (Å²) in [6, 6.07) is 13.8. The number of methoxy groups -OCH3 is 2. The monoisotopic (exact) mass is 415 g/mol. The highest BCUT2D eigenvalue weighted by atomic mass is 19.4. The fourth-order valence-electron chi connectivity index (χ4n) is 2.84. The van der Waals surface area contributed by atoms with Crippen molar-refractivity contribution in [3.8, 4) is 22.5 Å². The number of carbonyl (C=O) groups excluding carboxylic acids is 2. The quantitative estimate of drug-likeness (QED) is 0.561. The average molecular weight is 415 g/mol. The molecule has 3 rings (SSSR count). The molecule has 2 aromatic carbocycles. The Kier molecular flexibility index (Phi) is 5.86. The first-order valence-corrected chi connectivity index (χ1v) is 8.69. The van der Waals surface area contributed by atoms with Gasteiger partial charge < -0.3 is 9.47 Å². The Morgan fingerprint density at radius 3 is 1.57 bits per heavy atom. The van der Waals surface area contributed by atoms with Gasteiger partial charge in [-0.15, -0.1) is 0 Å². The SMILES string of the molecule is COC(=O)c1cccc(-c2cc(C(F)(F)F)cc(-c3cccc(C(=O)OC)c3)n2)c1. The summed E-state index contributed by atoms with van der Waals surface area (Å²) in [6.07, 6.45) is -4.62. The van der Waals surface area contributed by atoms with Crippen LogP contribution in [0, 0.1) is 0 Å². The first-order valence-electron chi connectivity index (χ1n) is 8.69. The van der Waals surface area contributed by atoms with E-state index in [1.165, 1.54) is 50.6 Å². The lowest BCUT2D eigenvalue weighted by Gasteiger charge is -2.13. The Labute approximate surface area is 170 Å². The van der Waals surface area contributed by atoms with E-state index >= 15 is 0 Å². The second-order valence-corrected chi connectivity index (χ2v) is 6.27. The van der Waals surface area contributed by atoms with Gasteiger partial charge in [-0.1, -0.05) is 24.3 Å². The molecule has 0 saturated heterocycles. The average Bonchev–Trinajstić information content (AvgIpc) is 2.77. The zero-order valence-corrected chi connectivity index (χ0v) is 16.0. The van der Waals surface area contributed by atoms with Gasteiger partial charge in [-0.05, 0) is 36.4 Å². The number of hydrogen-bond donors (Lipinski definition) is 0. The van der Waals surface area contributed by atoms with Crippen molar-refractivity contribution in [2.75, 3.05) is 14.2 Å². The van der Waals surface area contributed by atoms with Crippen molar-refractivity contribution < 1.29 is 32.2 Å². The van der Waals surface area contributed by atoms with Crippen LogP contribution in [0.3, 0.4) is 0 Å². The molecule has 1 heterocycles. The summed E-state index contributed by atoms with van der Waals surface area (Å²) in [5.74, 6) is -1.23. The molecular weight excluding hydrogens is 399 g/mol. The predicted molar refractivity (Wildman–Crippen MR) is 103 cm³/mol. The van der Waals surface area contributed by atoms with Crippen LogP contribution in [0.25, 0.3) is 22.5 Å². The first kappa shape index (κ1) is 21.0. The molecule has 0 N–H and O–H groups in total. The van der Waals surface area contributed by atoms with Crippen molar-refractivity contribution in [2.24, 2.45) is 0 Å². The Balaban J connectivity index is 2.17. The van der Waals surface area contributed by atoms with Gasteiger partial charge >= 0.3 is 18.1 Å². The third-order valence-electron chi connectivity index (χ3n) is 4.31. The second-order valence-electron chi connectivity index (χ2n) is 6.27. The van der Waals surface area contributed by atoms with E-state index in [4.69, 9.17) is 0 Å². The molecule has 154 valence electrons. The summed E-state index contributed by atoms with van der Waals surface area (Å²) >= 11 is 0. The number of rotatable bonds is 4. The lowest BCUT2D eigenvalue weighted by Crippen LogP contribution is -2.07. The second kappa shape index (κ2) is 8.36. The van der Waals surface area contributed by atoms with E-state index in [0.717, 1.165) is 12.1 Å². The topological polar surface area (TPSA) is 65.5 Å². The van der Waals surface area contributed by atoms with Crippen LogP contribution in [0.2, 0.25) is 0 Å². The number of ether oxygens (including phenoxy) is 2. The van der Waals surface area contributed by atoms with Crippen molar-refractivity contribution in [1.29, 1.82) is 0 Å². The molecule has 1 aromatic heterocycles. The summed E-state index contributed by atoms with van der Waals surface area (Å²) in [6.45, 7) is 0. The highest BCUT2D eigenvalue weighted by Crippen LogP contribution is 2.35. The van der Waals surface area contributed by atoms with Crippen LogP contribution in [0.5, 0.6) is 0 Å². The maximum Gasteiger partial charge on any atom is 0.416 e. The fourth-order valence-corrected chi connectivity index (χ4v) is 2.84. The van der Waals surface area contributed by atoms with E-state index in [2.05, 4.69) is 14.5 Å². The largest absolute Gasteiger partial charge is 0.465 e. The molecule has 0 aliphatic carbocycles. The van der Waals surface area contributed by atoms with E-state index in [1.54, 1.807) is 12.1 Å². The molecule has 0 spiro atoms. The van der Waals surface area contributed by atoms with E-state index in [-0.39, 0.29) is 22.5 Å². The molecule has 30 heavy (non-hydrogen) atoms. The van der Waals surface area contributed by atoms with Gasteiger partial charge in [0, 0.05) is 11.1 Å². The van der Waals surface area contributed by atoms with Crippen molar-refractivity contribution in [2.45, 2.75) is 6.18 Å². The Hall–Kier alpha value is -3.68. The number of nitrogens with zero attached hydrogens (tertiary/aromatic N) is 1. The van der Waals surface area contributed by atoms with Crippen molar-refractivity contribution >= 4 is 11.9 Å². The van der Waals surface area contributed by atoms with Gasteiger partial charge in [0.25, 0.3) is 0 Å². The lowest BCUT2D eigenvalue weighted by molar-refractivity contribution is -0.137. The molecule has 0 atom stereocenters. The van der Waals surface area contributed by atoms with Crippen LogP contribution in [-0.4, -0.2) is 31.1 Å². The maximum absolute atomic E-state index is 13.5. The van der Waals surface area contributed by atoms with Gasteiger partial charge in [0.2, 0.25) is 0 Å². The number of carbonyl (C=O) groups is 2. The van der Waals surface area contributed by atoms with Gasteiger partial charge in [-0.2, -0.15) is 13.2 Å². The molecule has 8 heteroatoms. The summed E-state index contributed by atoms with van der Waals surface area (Å²) in [7, 11) is 2.42. The van der Waals surface area contributed by atoms with Crippen molar-refractivity contribution in [3.05, 3.63) is 77.4 Å². The molecule has 0 saturated carbocycles. The third kappa shape index (κ3) is 4.48. The summed E-state index contributed by atoms with van der Waals surface area (Å²) < 4.78 is 49.9. The molecule has 5 nitrogen and oxygen atoms in total. The summed E-state index contributed by atoms with van der Waals surface area (Å²) in [5, 5.41) is 0. The minimum Gasteiger partial charge on any atom is -0.465 e. The van der Waals surface area contributed by atoms with Crippen LogP contribution in [0.4, 0.5) is 13.2 Å². The number of alkyl halides is 3. The summed E-state index contributed by atoms with van der Waals surface area (Å²) in [5.41, 5.74) is 0.133. The lowest BCUT2D eigenvalue weighted by atomic mass is 10.0. The Morgan fingerprint density at radius 1 is 0.767 bits per heavy atom. The third-order valence-corrected chi connectivity index (χ3v) is 4.31. The molecular formula is C22H16F3NO4. The minimum atomic E-state index is -4.62. The van der Waals surface area contributed by atoms with Crippen LogP contribution in [-0.2, 0) is 15.7 Å². The molecule has 0 amide bonds. The number of esters is 2. The number of benzene rings is 2. The van der Waals surface area contributed by atoms with Crippen molar-refractivity contribution in [3.63, 3.8) is 0 Å². The molecule has 0 aliphatic heterocycles. The normalized spacial score (nSPS) is 11.1. The number of pyridine rings is 1. The number of hydrogen-bond acceptors (Lipinski definition) is 5. The zero-order chi connectivity index (χ0) is 21.9. The van der Waals surface area contributed by atoms with E-state index in [1.807, 2.05) is 0 Å². The van der Waals surface area contributed by atoms with E-state index < -0.39 is 23.7 Å². The predicted octanol–water partition coefficient (Wildman–Crippen LogP) is 5.01. The van der Waals surface area contributed by atoms with Gasteiger partial charge in [0.15, 0.2) is 0 Å². The number of halogens is 3. The van der Waals surface area contributed by atoms with Gasteiger partial charge in [0.05, 0.1) is 42.3 Å². The fraction of sp³-hybridized carbons (Fsp3) is 0.136. The zero-order valence-electron chi connectivity index (χ0n) is 16.0.